The number of hydrogen-bond acceptors (Lipinski definition) is 8. The predicted molar refractivity (Wildman–Crippen MR) is 102 cm³/mol. The average molecular weight is 415 g/mol. The Morgan fingerprint density at radius 2 is 1.57 bits per heavy atom. The molecule has 0 aliphatic carbocycles. The van der Waals surface area contributed by atoms with Gasteiger partial charge < -0.3 is 29.9 Å². The van der Waals surface area contributed by atoms with Crippen LogP contribution in [0.5, 0.6) is 5.75 Å². The fraction of sp³-hybridized carbons (Fsp3) is 0.333. The second kappa shape index (κ2) is 7.46. The zero-order valence-electron chi connectivity index (χ0n) is 16.0. The van der Waals surface area contributed by atoms with Gasteiger partial charge in [0.25, 0.3) is 11.8 Å². The Bertz CT molecular complexity index is 942. The fourth-order valence-electron chi connectivity index (χ4n) is 4.01. The summed E-state index contributed by atoms with van der Waals surface area (Å²) in [6.07, 6.45) is -4.79. The molecule has 0 saturated carbocycles. The third-order valence-electron chi connectivity index (χ3n) is 5.57. The third-order valence-corrected chi connectivity index (χ3v) is 5.57. The minimum atomic E-state index is -2.40. The number of carbonyl (C=O) groups excluding carboxylic acids is 2. The molecule has 0 radical (unpaired) electrons. The van der Waals surface area contributed by atoms with Gasteiger partial charge in [0.15, 0.2) is 0 Å². The number of ether oxygens (including phenoxy) is 2. The number of hydrogen-bond donors (Lipinski definition) is 4. The molecule has 2 aromatic rings. The molecule has 1 fully saturated rings. The van der Waals surface area contributed by atoms with E-state index in [0.717, 1.165) is 0 Å². The molecule has 30 heavy (non-hydrogen) atoms. The number of carbonyl (C=O) groups is 2. The zero-order chi connectivity index (χ0) is 21.6. The number of rotatable bonds is 4. The summed E-state index contributed by atoms with van der Waals surface area (Å²) in [4.78, 5) is 26.7. The Balaban J connectivity index is 1.84. The molecule has 2 aliphatic rings. The topological polar surface area (TPSA) is 137 Å². The van der Waals surface area contributed by atoms with Gasteiger partial charge in [-0.25, -0.2) is 0 Å². The lowest BCUT2D eigenvalue weighted by molar-refractivity contribution is -0.336. The van der Waals surface area contributed by atoms with Gasteiger partial charge in [0.1, 0.15) is 30.1 Å². The van der Waals surface area contributed by atoms with E-state index in [-0.39, 0.29) is 16.7 Å². The summed E-state index contributed by atoms with van der Waals surface area (Å²) < 4.78 is 10.7. The summed E-state index contributed by atoms with van der Waals surface area (Å²) >= 11 is 0. The number of benzene rings is 2. The van der Waals surface area contributed by atoms with Gasteiger partial charge in [-0.2, -0.15) is 0 Å². The molecule has 0 unspecified atom stereocenters. The van der Waals surface area contributed by atoms with Gasteiger partial charge in [0.2, 0.25) is 5.79 Å². The minimum Gasteiger partial charge on any atom is -0.497 e. The molecule has 158 valence electrons. The van der Waals surface area contributed by atoms with E-state index in [9.17, 15) is 30.0 Å². The summed E-state index contributed by atoms with van der Waals surface area (Å²) in [6, 6.07) is 10.4. The monoisotopic (exact) mass is 415 g/mol. The lowest BCUT2D eigenvalue weighted by Gasteiger charge is -2.50. The van der Waals surface area contributed by atoms with Crippen LogP contribution in [-0.4, -0.2) is 75.2 Å². The SMILES string of the molecule is COc1ccc([C@]2(O)O[C@H](CO)[C@@H](O)[C@H](O)[C@@H]2N2C(=O)c3ccccc3C2=O)cc1. The normalized spacial score (nSPS) is 31.0. The molecule has 5 atom stereocenters. The molecule has 0 bridgehead atoms. The first-order valence-electron chi connectivity index (χ1n) is 9.32. The van der Waals surface area contributed by atoms with Gasteiger partial charge in [-0.15, -0.1) is 0 Å². The second-order valence-electron chi connectivity index (χ2n) is 7.22. The molecule has 0 spiro atoms. The van der Waals surface area contributed by atoms with Crippen LogP contribution in [0, 0.1) is 0 Å². The van der Waals surface area contributed by atoms with Crippen molar-refractivity contribution in [1.82, 2.24) is 4.90 Å². The highest BCUT2D eigenvalue weighted by Gasteiger charge is 2.60. The Morgan fingerprint density at radius 1 is 1.00 bits per heavy atom. The van der Waals surface area contributed by atoms with Gasteiger partial charge in [0, 0.05) is 5.56 Å². The highest BCUT2D eigenvalue weighted by Crippen LogP contribution is 2.42. The predicted octanol–water partition coefficient (Wildman–Crippen LogP) is -0.382. The molecule has 1 saturated heterocycles. The van der Waals surface area contributed by atoms with Crippen LogP contribution in [0.4, 0.5) is 0 Å². The van der Waals surface area contributed by atoms with E-state index in [1.807, 2.05) is 0 Å². The first kappa shape index (κ1) is 20.5. The molecular weight excluding hydrogens is 394 g/mol. The number of methoxy groups -OCH3 is 1. The molecule has 2 amide bonds. The van der Waals surface area contributed by atoms with E-state index < -0.39 is 48.6 Å². The molecule has 2 aliphatic heterocycles. The minimum absolute atomic E-state index is 0.106. The van der Waals surface area contributed by atoms with Gasteiger partial charge in [-0.1, -0.05) is 12.1 Å². The van der Waals surface area contributed by atoms with Crippen molar-refractivity contribution in [3.8, 4) is 5.75 Å². The van der Waals surface area contributed by atoms with Crippen LogP contribution in [0.2, 0.25) is 0 Å². The van der Waals surface area contributed by atoms with Gasteiger partial charge in [0.05, 0.1) is 24.8 Å². The van der Waals surface area contributed by atoms with Crippen molar-refractivity contribution in [2.45, 2.75) is 30.1 Å². The van der Waals surface area contributed by atoms with E-state index in [1.54, 1.807) is 12.1 Å². The van der Waals surface area contributed by atoms with Crippen LogP contribution in [0.15, 0.2) is 48.5 Å². The van der Waals surface area contributed by atoms with E-state index in [0.29, 0.717) is 10.6 Å². The summed E-state index contributed by atoms with van der Waals surface area (Å²) in [5, 5.41) is 42.3. The largest absolute Gasteiger partial charge is 0.497 e. The van der Waals surface area contributed by atoms with Crippen LogP contribution in [0.3, 0.4) is 0 Å². The first-order valence-corrected chi connectivity index (χ1v) is 9.32. The second-order valence-corrected chi connectivity index (χ2v) is 7.22. The van der Waals surface area contributed by atoms with Crippen molar-refractivity contribution >= 4 is 11.8 Å². The molecule has 2 heterocycles. The number of aliphatic hydroxyl groups is 4. The zero-order valence-corrected chi connectivity index (χ0v) is 16.0. The van der Waals surface area contributed by atoms with E-state index in [2.05, 4.69) is 0 Å². The molecule has 9 heteroatoms. The van der Waals surface area contributed by atoms with Gasteiger partial charge in [-0.05, 0) is 36.4 Å². The fourth-order valence-corrected chi connectivity index (χ4v) is 4.01. The van der Waals surface area contributed by atoms with E-state index in [1.165, 1.54) is 43.5 Å². The number of fused-ring (bicyclic) bond motifs is 1. The van der Waals surface area contributed by atoms with Crippen molar-refractivity contribution < 1.29 is 39.5 Å². The number of amides is 2. The first-order chi connectivity index (χ1) is 14.3. The molecule has 9 nitrogen and oxygen atoms in total. The average Bonchev–Trinajstić information content (AvgIpc) is 3.02. The molecule has 4 N–H and O–H groups in total. The standard InChI is InChI=1S/C21H21NO8/c1-29-12-8-6-11(7-9-12)21(28)18(17(25)16(24)15(10-23)30-21)22-19(26)13-4-2-3-5-14(13)20(22)27/h2-9,15-18,23-25,28H,10H2,1H3/t15-,16-,17+,18+,21+/m1/s1. The lowest BCUT2D eigenvalue weighted by atomic mass is 9.85. The van der Waals surface area contributed by atoms with Crippen LogP contribution in [0.25, 0.3) is 0 Å². The molecule has 0 aromatic heterocycles. The Kier molecular flexibility index (Phi) is 5.08. The quantitative estimate of drug-likeness (QED) is 0.496. The Hall–Kier alpha value is -2.82. The van der Waals surface area contributed by atoms with Crippen LogP contribution in [0.1, 0.15) is 26.3 Å². The summed E-state index contributed by atoms with van der Waals surface area (Å²) in [5.74, 6) is -3.38. The van der Waals surface area contributed by atoms with E-state index >= 15 is 0 Å². The third kappa shape index (κ3) is 2.91. The number of nitrogens with zero attached hydrogens (tertiary/aromatic N) is 1. The maximum Gasteiger partial charge on any atom is 0.262 e. The van der Waals surface area contributed by atoms with Crippen LogP contribution in [-0.2, 0) is 10.5 Å². The summed E-state index contributed by atoms with van der Waals surface area (Å²) in [5.41, 5.74) is 0.338. The Morgan fingerprint density at radius 3 is 2.07 bits per heavy atom. The number of imide groups is 1. The number of aliphatic hydroxyl groups excluding tert-OH is 3. The van der Waals surface area contributed by atoms with Crippen molar-refractivity contribution in [3.05, 3.63) is 65.2 Å². The van der Waals surface area contributed by atoms with Gasteiger partial charge >= 0.3 is 0 Å². The van der Waals surface area contributed by atoms with E-state index in [4.69, 9.17) is 9.47 Å². The summed E-state index contributed by atoms with van der Waals surface area (Å²) in [6.45, 7) is -0.703. The van der Waals surface area contributed by atoms with Crippen molar-refractivity contribution in [2.75, 3.05) is 13.7 Å². The van der Waals surface area contributed by atoms with Crippen LogP contribution < -0.4 is 4.74 Å². The smallest absolute Gasteiger partial charge is 0.262 e. The Labute approximate surface area is 171 Å². The molecular formula is C21H21NO8. The summed E-state index contributed by atoms with van der Waals surface area (Å²) in [7, 11) is 1.46. The van der Waals surface area contributed by atoms with Crippen molar-refractivity contribution in [3.63, 3.8) is 0 Å². The van der Waals surface area contributed by atoms with Crippen LogP contribution >= 0.6 is 0 Å². The van der Waals surface area contributed by atoms with Crippen molar-refractivity contribution in [2.24, 2.45) is 0 Å². The molecule has 2 aromatic carbocycles. The highest BCUT2D eigenvalue weighted by atomic mass is 16.6. The van der Waals surface area contributed by atoms with Crippen molar-refractivity contribution in [1.29, 1.82) is 0 Å². The molecule has 4 rings (SSSR count). The maximum atomic E-state index is 13.0. The lowest BCUT2D eigenvalue weighted by Crippen LogP contribution is -2.69. The highest BCUT2D eigenvalue weighted by molar-refractivity contribution is 6.21. The van der Waals surface area contributed by atoms with Gasteiger partial charge in [-0.3, -0.25) is 14.5 Å². The maximum absolute atomic E-state index is 13.0.